The Morgan fingerprint density at radius 1 is 0.885 bits per heavy atom. The van der Waals surface area contributed by atoms with Gasteiger partial charge >= 0.3 is 0 Å². The van der Waals surface area contributed by atoms with Gasteiger partial charge in [-0.15, -0.1) is 0 Å². The highest BCUT2D eigenvalue weighted by Gasteiger charge is 2.15. The number of H-pyrrole nitrogens is 2. The first-order valence-electron chi connectivity index (χ1n) is 8.24. The molecule has 0 aliphatic heterocycles. The van der Waals surface area contributed by atoms with Crippen LogP contribution in [0, 0.1) is 6.92 Å². The van der Waals surface area contributed by atoms with Crippen molar-refractivity contribution in [3.8, 4) is 22.4 Å². The highest BCUT2D eigenvalue weighted by molar-refractivity contribution is 6.30. The lowest BCUT2D eigenvalue weighted by Crippen LogP contribution is -1.91. The minimum absolute atomic E-state index is 0.714. The topological polar surface area (TPSA) is 70.2 Å². The number of nitrogens with zero attached hydrogens (tertiary/aromatic N) is 3. The van der Waals surface area contributed by atoms with E-state index in [0.29, 0.717) is 5.02 Å². The van der Waals surface area contributed by atoms with E-state index >= 15 is 0 Å². The fourth-order valence-electron chi connectivity index (χ4n) is 3.36. The molecular weight excluding hydrogens is 346 g/mol. The summed E-state index contributed by atoms with van der Waals surface area (Å²) in [6.45, 7) is 2.00. The van der Waals surface area contributed by atoms with E-state index in [1.54, 1.807) is 0 Å². The lowest BCUT2D eigenvalue weighted by atomic mass is 9.96. The largest absolute Gasteiger partial charge is 0.282 e. The van der Waals surface area contributed by atoms with Crippen LogP contribution in [0.2, 0.25) is 5.02 Å². The Labute approximate surface area is 154 Å². The van der Waals surface area contributed by atoms with Gasteiger partial charge in [-0.2, -0.15) is 10.2 Å². The number of hydrogen-bond acceptors (Lipinski definition) is 3. The van der Waals surface area contributed by atoms with Gasteiger partial charge in [0.1, 0.15) is 0 Å². The second kappa shape index (κ2) is 5.68. The van der Waals surface area contributed by atoms with Crippen molar-refractivity contribution in [2.24, 2.45) is 0 Å². The van der Waals surface area contributed by atoms with Gasteiger partial charge in [-0.1, -0.05) is 23.7 Å². The summed E-state index contributed by atoms with van der Waals surface area (Å²) in [5, 5.41) is 17.2. The first-order chi connectivity index (χ1) is 12.7. The summed E-state index contributed by atoms with van der Waals surface area (Å²) in [5.41, 5.74) is 6.95. The van der Waals surface area contributed by atoms with Crippen LogP contribution < -0.4 is 0 Å². The Balaban J connectivity index is 1.90. The summed E-state index contributed by atoms with van der Waals surface area (Å²) in [6.07, 6.45) is 3.66. The summed E-state index contributed by atoms with van der Waals surface area (Å²) in [7, 11) is 0. The fourth-order valence-corrected chi connectivity index (χ4v) is 3.48. The maximum Gasteiger partial charge on any atom is 0.0750 e. The smallest absolute Gasteiger partial charge is 0.0750 e. The summed E-state index contributed by atoms with van der Waals surface area (Å²) < 4.78 is 0. The molecule has 0 aliphatic rings. The number of nitrogens with one attached hydrogen (secondary N) is 2. The number of aromatic nitrogens is 5. The molecular formula is C20H14ClN5. The normalized spacial score (nSPS) is 11.5. The van der Waals surface area contributed by atoms with Crippen LogP contribution in [-0.2, 0) is 0 Å². The van der Waals surface area contributed by atoms with E-state index in [1.165, 1.54) is 0 Å². The summed E-state index contributed by atoms with van der Waals surface area (Å²) in [5.74, 6) is 0. The molecule has 0 unspecified atom stereocenters. The molecule has 0 amide bonds. The molecule has 0 saturated heterocycles. The first kappa shape index (κ1) is 15.1. The Morgan fingerprint density at radius 3 is 2.46 bits per heavy atom. The van der Waals surface area contributed by atoms with Crippen LogP contribution in [0.4, 0.5) is 0 Å². The van der Waals surface area contributed by atoms with Crippen LogP contribution in [0.1, 0.15) is 5.69 Å². The van der Waals surface area contributed by atoms with Crippen LogP contribution in [0.15, 0.2) is 54.9 Å². The first-order valence-corrected chi connectivity index (χ1v) is 8.61. The molecule has 0 saturated carbocycles. The van der Waals surface area contributed by atoms with Crippen molar-refractivity contribution in [1.29, 1.82) is 0 Å². The monoisotopic (exact) mass is 359 g/mol. The lowest BCUT2D eigenvalue weighted by Gasteiger charge is -2.11. The van der Waals surface area contributed by atoms with Gasteiger partial charge in [0, 0.05) is 27.1 Å². The van der Waals surface area contributed by atoms with Crippen molar-refractivity contribution in [1.82, 2.24) is 25.4 Å². The highest BCUT2D eigenvalue weighted by Crippen LogP contribution is 2.36. The van der Waals surface area contributed by atoms with Gasteiger partial charge in [-0.3, -0.25) is 10.2 Å². The van der Waals surface area contributed by atoms with E-state index in [4.69, 9.17) is 16.6 Å². The number of benzene rings is 2. The molecule has 26 heavy (non-hydrogen) atoms. The van der Waals surface area contributed by atoms with Crippen molar-refractivity contribution < 1.29 is 0 Å². The van der Waals surface area contributed by atoms with Gasteiger partial charge in [-0.05, 0) is 48.4 Å². The highest BCUT2D eigenvalue weighted by atomic mass is 35.5. The summed E-state index contributed by atoms with van der Waals surface area (Å²) >= 11 is 6.09. The van der Waals surface area contributed by atoms with Gasteiger partial charge in [0.25, 0.3) is 0 Å². The predicted octanol–water partition coefficient (Wildman–Crippen LogP) is 5.13. The molecule has 5 nitrogen and oxygen atoms in total. The van der Waals surface area contributed by atoms with Crippen LogP contribution in [0.25, 0.3) is 44.2 Å². The van der Waals surface area contributed by atoms with Gasteiger partial charge in [-0.25, -0.2) is 4.98 Å². The van der Waals surface area contributed by atoms with Crippen molar-refractivity contribution in [2.75, 3.05) is 0 Å². The predicted molar refractivity (Wildman–Crippen MR) is 104 cm³/mol. The zero-order valence-electron chi connectivity index (χ0n) is 13.9. The quantitative estimate of drug-likeness (QED) is 0.459. The Kier molecular flexibility index (Phi) is 3.30. The van der Waals surface area contributed by atoms with E-state index in [0.717, 1.165) is 49.9 Å². The maximum atomic E-state index is 6.09. The molecule has 0 atom stereocenters. The van der Waals surface area contributed by atoms with Crippen LogP contribution in [0.3, 0.4) is 0 Å². The van der Waals surface area contributed by atoms with Crippen molar-refractivity contribution >= 4 is 33.4 Å². The van der Waals surface area contributed by atoms with E-state index in [9.17, 15) is 0 Å². The Hall–Kier alpha value is -3.18. The molecule has 2 aromatic carbocycles. The minimum atomic E-state index is 0.714. The Morgan fingerprint density at radius 2 is 1.69 bits per heavy atom. The zero-order chi connectivity index (χ0) is 17.7. The molecule has 0 spiro atoms. The number of hydrogen-bond donors (Lipinski definition) is 2. The minimum Gasteiger partial charge on any atom is -0.282 e. The summed E-state index contributed by atoms with van der Waals surface area (Å²) in [4.78, 5) is 4.88. The zero-order valence-corrected chi connectivity index (χ0v) is 14.7. The third-order valence-corrected chi connectivity index (χ3v) is 4.91. The van der Waals surface area contributed by atoms with Gasteiger partial charge in [0.2, 0.25) is 0 Å². The van der Waals surface area contributed by atoms with E-state index in [2.05, 4.69) is 26.5 Å². The molecule has 3 aromatic heterocycles. The van der Waals surface area contributed by atoms with Crippen LogP contribution in [-0.4, -0.2) is 25.4 Å². The molecule has 2 N–H and O–H groups in total. The van der Waals surface area contributed by atoms with E-state index < -0.39 is 0 Å². The van der Waals surface area contributed by atoms with Crippen LogP contribution in [0.5, 0.6) is 0 Å². The van der Waals surface area contributed by atoms with Crippen molar-refractivity contribution in [3.05, 3.63) is 65.6 Å². The molecule has 0 fully saturated rings. The standard InChI is InChI=1S/C20H14ClN5/c1-11-15(9-22-25-11)19-8-14(12-2-4-13(21)5-3-12)20-16-10-23-26-17(16)6-7-18(20)24-19/h2-10H,1H3,(H,22,25)(H,23,26). The second-order valence-electron chi connectivity index (χ2n) is 6.26. The second-order valence-corrected chi connectivity index (χ2v) is 6.70. The Bertz CT molecular complexity index is 1250. The van der Waals surface area contributed by atoms with Crippen molar-refractivity contribution in [2.45, 2.75) is 6.92 Å². The van der Waals surface area contributed by atoms with Crippen molar-refractivity contribution in [3.63, 3.8) is 0 Å². The molecule has 5 rings (SSSR count). The van der Waals surface area contributed by atoms with Gasteiger partial charge in [0.05, 0.1) is 29.1 Å². The average molecular weight is 360 g/mol. The molecule has 126 valence electrons. The maximum absolute atomic E-state index is 6.09. The van der Waals surface area contributed by atoms with Crippen LogP contribution >= 0.6 is 11.6 Å². The lowest BCUT2D eigenvalue weighted by molar-refractivity contribution is 1.05. The average Bonchev–Trinajstić information content (AvgIpc) is 3.30. The number of pyridine rings is 1. The molecule has 0 aliphatic carbocycles. The molecule has 5 aromatic rings. The van der Waals surface area contributed by atoms with E-state index in [-0.39, 0.29) is 0 Å². The number of aromatic amines is 2. The van der Waals surface area contributed by atoms with E-state index in [1.807, 2.05) is 55.7 Å². The third-order valence-electron chi connectivity index (χ3n) is 4.65. The number of fused-ring (bicyclic) bond motifs is 3. The number of aryl methyl sites for hydroxylation is 1. The fraction of sp³-hybridized carbons (Fsp3) is 0.0500. The molecule has 0 radical (unpaired) electrons. The third kappa shape index (κ3) is 2.29. The summed E-state index contributed by atoms with van der Waals surface area (Å²) in [6, 6.07) is 14.0. The molecule has 3 heterocycles. The molecule has 6 heteroatoms. The van der Waals surface area contributed by atoms with Gasteiger partial charge < -0.3 is 0 Å². The molecule has 0 bridgehead atoms. The van der Waals surface area contributed by atoms with Gasteiger partial charge in [0.15, 0.2) is 0 Å². The number of halogens is 1. The number of rotatable bonds is 2. The SMILES string of the molecule is Cc1[nH]ncc1-c1cc(-c2ccc(Cl)cc2)c2c(ccc3[nH]ncc32)n1.